The number of methoxy groups -OCH3 is 1. The summed E-state index contributed by atoms with van der Waals surface area (Å²) in [6.45, 7) is 3.22. The molecule has 0 aliphatic heterocycles. The Hall–Kier alpha value is -1.23. The Bertz CT molecular complexity index is 669. The molecule has 0 heterocycles. The highest BCUT2D eigenvalue weighted by Crippen LogP contribution is 2.23. The van der Waals surface area contributed by atoms with Gasteiger partial charge in [-0.2, -0.15) is 0 Å². The van der Waals surface area contributed by atoms with E-state index in [-0.39, 0.29) is 22.6 Å². The van der Waals surface area contributed by atoms with Gasteiger partial charge in [0.25, 0.3) is 0 Å². The third-order valence-electron chi connectivity index (χ3n) is 4.54. The summed E-state index contributed by atoms with van der Waals surface area (Å²) in [5, 5.41) is 19.0. The highest BCUT2D eigenvalue weighted by atomic mass is 79.9. The molecule has 30 heavy (non-hydrogen) atoms. The molecular formula is C20H31Br2N3O5. The minimum Gasteiger partial charge on any atom is -0.469 e. The molecule has 2 amide bonds. The number of ether oxygens (including phenoxy) is 1. The molecule has 170 valence electrons. The number of nitrogens with one attached hydrogen (secondary N) is 3. The SMILES string of the molecule is COC(=O)CCCCC(O)N[C@@H](C)C(=O)N[C@@H](C)C(=O)NC1=CC(Br)CC(CBr)=C1. The molecule has 10 heteroatoms. The topological polar surface area (TPSA) is 117 Å². The molecule has 1 aliphatic rings. The first-order chi connectivity index (χ1) is 14.2. The molecule has 2 unspecified atom stereocenters. The molecule has 0 spiro atoms. The number of amides is 2. The molecule has 0 aromatic heterocycles. The van der Waals surface area contributed by atoms with E-state index in [0.29, 0.717) is 31.4 Å². The lowest BCUT2D eigenvalue weighted by Gasteiger charge is -2.22. The summed E-state index contributed by atoms with van der Waals surface area (Å²) in [5.41, 5.74) is 1.85. The largest absolute Gasteiger partial charge is 0.469 e. The van der Waals surface area contributed by atoms with Gasteiger partial charge in [-0.1, -0.05) is 37.4 Å². The van der Waals surface area contributed by atoms with E-state index in [0.717, 1.165) is 17.3 Å². The summed E-state index contributed by atoms with van der Waals surface area (Å²) in [6.07, 6.45) is 5.72. The van der Waals surface area contributed by atoms with Gasteiger partial charge < -0.3 is 20.5 Å². The molecule has 8 nitrogen and oxygen atoms in total. The second kappa shape index (κ2) is 14.0. The van der Waals surface area contributed by atoms with Gasteiger partial charge in [-0.15, -0.1) is 0 Å². The highest BCUT2D eigenvalue weighted by Gasteiger charge is 2.22. The Kier molecular flexibility index (Phi) is 12.5. The van der Waals surface area contributed by atoms with Crippen molar-refractivity contribution in [3.63, 3.8) is 0 Å². The van der Waals surface area contributed by atoms with E-state index in [1.807, 2.05) is 12.2 Å². The summed E-state index contributed by atoms with van der Waals surface area (Å²) < 4.78 is 4.56. The zero-order chi connectivity index (χ0) is 22.7. The van der Waals surface area contributed by atoms with Crippen LogP contribution in [0.15, 0.2) is 23.4 Å². The standard InChI is InChI=1S/C20H31Br2N3O5/c1-12(23-17(26)6-4-5-7-18(27)30-3)19(28)24-13(2)20(29)25-16-9-14(11-21)8-15(22)10-16/h9-10,12-13,15,17,23,26H,4-8,11H2,1-3H3,(H,24,28)(H,25,29)/t12-,13-,15?,17?/m0/s1. The molecule has 0 saturated heterocycles. The van der Waals surface area contributed by atoms with E-state index in [2.05, 4.69) is 52.5 Å². The van der Waals surface area contributed by atoms with Crippen LogP contribution in [0, 0.1) is 0 Å². The number of allylic oxidation sites excluding steroid dienone is 3. The number of hydrogen-bond donors (Lipinski definition) is 4. The lowest BCUT2D eigenvalue weighted by atomic mass is 10.0. The number of hydrogen-bond acceptors (Lipinski definition) is 6. The zero-order valence-electron chi connectivity index (χ0n) is 17.5. The number of alkyl halides is 2. The Morgan fingerprint density at radius 3 is 2.57 bits per heavy atom. The molecule has 1 aliphatic carbocycles. The van der Waals surface area contributed by atoms with Crippen LogP contribution in [0.2, 0.25) is 0 Å². The van der Waals surface area contributed by atoms with Gasteiger partial charge in [0.1, 0.15) is 12.3 Å². The van der Waals surface area contributed by atoms with Crippen LogP contribution in [0.25, 0.3) is 0 Å². The maximum Gasteiger partial charge on any atom is 0.305 e. The van der Waals surface area contributed by atoms with Crippen molar-refractivity contribution in [3.05, 3.63) is 23.4 Å². The minimum absolute atomic E-state index is 0.147. The molecule has 4 atom stereocenters. The fraction of sp³-hybridized carbons (Fsp3) is 0.650. The average molecular weight is 553 g/mol. The van der Waals surface area contributed by atoms with Crippen LogP contribution in [-0.2, 0) is 19.1 Å². The smallest absolute Gasteiger partial charge is 0.305 e. The fourth-order valence-electron chi connectivity index (χ4n) is 2.81. The number of aliphatic hydroxyl groups is 1. The van der Waals surface area contributed by atoms with Gasteiger partial charge in [0, 0.05) is 22.3 Å². The van der Waals surface area contributed by atoms with Crippen molar-refractivity contribution < 1.29 is 24.2 Å². The zero-order valence-corrected chi connectivity index (χ0v) is 20.7. The second-order valence-electron chi connectivity index (χ2n) is 7.22. The van der Waals surface area contributed by atoms with E-state index in [1.54, 1.807) is 13.8 Å². The van der Waals surface area contributed by atoms with Crippen LogP contribution >= 0.6 is 31.9 Å². The average Bonchev–Trinajstić information content (AvgIpc) is 2.70. The number of carbonyl (C=O) groups excluding carboxylic acids is 3. The summed E-state index contributed by atoms with van der Waals surface area (Å²) in [5.74, 6) is -0.997. The fourth-order valence-corrected chi connectivity index (χ4v) is 3.90. The van der Waals surface area contributed by atoms with Gasteiger partial charge in [0.05, 0.1) is 13.2 Å². The van der Waals surface area contributed by atoms with E-state index >= 15 is 0 Å². The van der Waals surface area contributed by atoms with Gasteiger partial charge in [0.2, 0.25) is 11.8 Å². The first-order valence-corrected chi connectivity index (χ1v) is 11.9. The Labute approximate surface area is 194 Å². The van der Waals surface area contributed by atoms with Gasteiger partial charge in [0.15, 0.2) is 0 Å². The number of halogens is 2. The number of aliphatic hydroxyl groups excluding tert-OH is 1. The van der Waals surface area contributed by atoms with E-state index in [4.69, 9.17) is 0 Å². The molecule has 4 N–H and O–H groups in total. The van der Waals surface area contributed by atoms with Crippen LogP contribution in [0.3, 0.4) is 0 Å². The van der Waals surface area contributed by atoms with Crippen molar-refractivity contribution in [3.8, 4) is 0 Å². The summed E-state index contributed by atoms with van der Waals surface area (Å²) in [4.78, 5) is 35.9. The first kappa shape index (κ1) is 26.8. The Morgan fingerprint density at radius 1 is 1.23 bits per heavy atom. The van der Waals surface area contributed by atoms with Gasteiger partial charge in [-0.3, -0.25) is 19.7 Å². The predicted octanol–water partition coefficient (Wildman–Crippen LogP) is 2.01. The van der Waals surface area contributed by atoms with Crippen LogP contribution in [0.4, 0.5) is 0 Å². The summed E-state index contributed by atoms with van der Waals surface area (Å²) >= 11 is 6.96. The molecule has 1 rings (SSSR count). The summed E-state index contributed by atoms with van der Waals surface area (Å²) in [7, 11) is 1.34. The number of rotatable bonds is 12. The minimum atomic E-state index is -0.886. The van der Waals surface area contributed by atoms with Crippen molar-refractivity contribution in [1.29, 1.82) is 0 Å². The van der Waals surface area contributed by atoms with Gasteiger partial charge in [-0.05, 0) is 51.7 Å². The summed E-state index contributed by atoms with van der Waals surface area (Å²) in [6, 6.07) is -1.42. The quantitative estimate of drug-likeness (QED) is 0.127. The van der Waals surface area contributed by atoms with Gasteiger partial charge >= 0.3 is 5.97 Å². The van der Waals surface area contributed by atoms with Crippen molar-refractivity contribution in [2.75, 3.05) is 12.4 Å². The molecule has 0 radical (unpaired) electrons. The maximum atomic E-state index is 12.4. The van der Waals surface area contributed by atoms with E-state index < -0.39 is 18.3 Å². The molecule has 0 saturated carbocycles. The number of unbranched alkanes of at least 4 members (excludes halogenated alkanes) is 1. The maximum absolute atomic E-state index is 12.4. The van der Waals surface area contributed by atoms with Crippen molar-refractivity contribution in [2.24, 2.45) is 0 Å². The number of carbonyl (C=O) groups is 3. The van der Waals surface area contributed by atoms with E-state index in [1.165, 1.54) is 7.11 Å². The lowest BCUT2D eigenvalue weighted by Crippen LogP contribution is -2.52. The third-order valence-corrected chi connectivity index (χ3v) is 5.85. The first-order valence-electron chi connectivity index (χ1n) is 9.89. The number of esters is 1. The molecule has 0 aromatic rings. The highest BCUT2D eigenvalue weighted by molar-refractivity contribution is 9.09. The molecule has 0 bridgehead atoms. The normalized spacial score (nSPS) is 19.1. The predicted molar refractivity (Wildman–Crippen MR) is 122 cm³/mol. The third kappa shape index (κ3) is 10.2. The molecule has 0 fully saturated rings. The van der Waals surface area contributed by atoms with Gasteiger partial charge in [-0.25, -0.2) is 0 Å². The Balaban J connectivity index is 2.40. The van der Waals surface area contributed by atoms with Crippen LogP contribution in [-0.4, -0.2) is 58.5 Å². The molecule has 0 aromatic carbocycles. The Morgan fingerprint density at radius 2 is 1.93 bits per heavy atom. The van der Waals surface area contributed by atoms with E-state index in [9.17, 15) is 19.5 Å². The van der Waals surface area contributed by atoms with Crippen molar-refractivity contribution in [2.45, 2.75) is 69.1 Å². The monoisotopic (exact) mass is 551 g/mol. The lowest BCUT2D eigenvalue weighted by molar-refractivity contribution is -0.140. The van der Waals surface area contributed by atoms with Crippen molar-refractivity contribution in [1.82, 2.24) is 16.0 Å². The van der Waals surface area contributed by atoms with Crippen LogP contribution in [0.1, 0.15) is 46.0 Å². The molecular weight excluding hydrogens is 522 g/mol. The van der Waals surface area contributed by atoms with Crippen LogP contribution in [0.5, 0.6) is 0 Å². The second-order valence-corrected chi connectivity index (χ2v) is 8.96. The van der Waals surface area contributed by atoms with Crippen molar-refractivity contribution >= 4 is 49.6 Å². The van der Waals surface area contributed by atoms with Crippen LogP contribution < -0.4 is 16.0 Å².